The maximum atomic E-state index is 11.7. The summed E-state index contributed by atoms with van der Waals surface area (Å²) < 4.78 is 18.5. The van der Waals surface area contributed by atoms with E-state index in [2.05, 4.69) is 13.9 Å². The van der Waals surface area contributed by atoms with Crippen LogP contribution in [0.3, 0.4) is 0 Å². The molecule has 0 spiro atoms. The summed E-state index contributed by atoms with van der Waals surface area (Å²) in [5.41, 5.74) is -0.612. The lowest BCUT2D eigenvalue weighted by Gasteiger charge is -2.24. The average molecular weight is 244 g/mol. The number of rotatable bonds is 5. The zero-order valence-electron chi connectivity index (χ0n) is 10.4. The van der Waals surface area contributed by atoms with Gasteiger partial charge in [-0.2, -0.15) is 0 Å². The molecule has 0 amide bonds. The van der Waals surface area contributed by atoms with Crippen LogP contribution < -0.4 is 0 Å². The second-order valence-electron chi connectivity index (χ2n) is 4.22. The van der Waals surface area contributed by atoms with Gasteiger partial charge in [-0.3, -0.25) is 9.15 Å². The number of hydrogen-bond acceptors (Lipinski definition) is 6. The Morgan fingerprint density at radius 2 is 1.71 bits per heavy atom. The number of esters is 2. The lowest BCUT2D eigenvalue weighted by molar-refractivity contribution is -0.0561. The minimum absolute atomic E-state index is 0.249. The molecule has 17 heavy (non-hydrogen) atoms. The Morgan fingerprint density at radius 1 is 1.18 bits per heavy atom. The van der Waals surface area contributed by atoms with Crippen molar-refractivity contribution in [3.8, 4) is 0 Å². The van der Waals surface area contributed by atoms with Crippen molar-refractivity contribution < 1.29 is 28.2 Å². The summed E-state index contributed by atoms with van der Waals surface area (Å²) in [4.78, 5) is 22.8. The SMILES string of the molecule is CCCC(C)(C)OC(=O)c1ooc1C(=O)OC. The standard InChI is InChI=1S/C11H16O6/c1-5-6-11(2,3)15-10(13)8-7(16-17-8)9(12)14-4/h5-6H2,1-4H3. The molecule has 1 aromatic heterocycles. The van der Waals surface area contributed by atoms with Crippen molar-refractivity contribution >= 4 is 11.9 Å². The monoisotopic (exact) mass is 244 g/mol. The Morgan fingerprint density at radius 3 is 2.12 bits per heavy atom. The van der Waals surface area contributed by atoms with E-state index in [1.165, 1.54) is 7.11 Å². The molecule has 6 nitrogen and oxygen atoms in total. The summed E-state index contributed by atoms with van der Waals surface area (Å²) in [5.74, 6) is -2.00. The van der Waals surface area contributed by atoms with Gasteiger partial charge < -0.3 is 9.47 Å². The molecule has 0 aliphatic heterocycles. The van der Waals surface area contributed by atoms with Crippen molar-refractivity contribution in [1.82, 2.24) is 0 Å². The number of methoxy groups -OCH3 is 1. The minimum Gasteiger partial charge on any atom is -0.463 e. The van der Waals surface area contributed by atoms with E-state index in [1.54, 1.807) is 13.8 Å². The van der Waals surface area contributed by atoms with Crippen LogP contribution in [0.4, 0.5) is 0 Å². The van der Waals surface area contributed by atoms with Crippen LogP contribution in [0.15, 0.2) is 9.15 Å². The molecule has 0 unspecified atom stereocenters. The summed E-state index contributed by atoms with van der Waals surface area (Å²) in [6, 6.07) is 0. The number of carbonyl (C=O) groups excluding carboxylic acids is 2. The van der Waals surface area contributed by atoms with E-state index in [0.29, 0.717) is 6.42 Å². The maximum Gasteiger partial charge on any atom is 0.384 e. The molecule has 6 heteroatoms. The Bertz CT molecular complexity index is 398. The molecule has 0 bridgehead atoms. The average Bonchev–Trinajstić information content (AvgIpc) is 2.14. The van der Waals surface area contributed by atoms with Crippen LogP contribution in [-0.4, -0.2) is 24.6 Å². The minimum atomic E-state index is -0.767. The first-order valence-electron chi connectivity index (χ1n) is 5.31. The largest absolute Gasteiger partial charge is 0.463 e. The summed E-state index contributed by atoms with van der Waals surface area (Å²) in [6.45, 7) is 5.55. The van der Waals surface area contributed by atoms with Gasteiger partial charge >= 0.3 is 23.5 Å². The molecule has 1 rings (SSSR count). The third kappa shape index (κ3) is 3.12. The highest BCUT2D eigenvalue weighted by Gasteiger charge is 2.34. The molecule has 0 atom stereocenters. The van der Waals surface area contributed by atoms with Gasteiger partial charge in [-0.25, -0.2) is 9.59 Å². The van der Waals surface area contributed by atoms with Gasteiger partial charge in [0.25, 0.3) is 0 Å². The van der Waals surface area contributed by atoms with Crippen molar-refractivity contribution in [2.45, 2.75) is 39.2 Å². The van der Waals surface area contributed by atoms with E-state index in [1.807, 2.05) is 6.92 Å². The zero-order valence-corrected chi connectivity index (χ0v) is 10.4. The predicted molar refractivity (Wildman–Crippen MR) is 56.7 cm³/mol. The number of carbonyl (C=O) groups is 2. The van der Waals surface area contributed by atoms with Gasteiger partial charge in [0.05, 0.1) is 7.11 Å². The molecule has 0 saturated heterocycles. The van der Waals surface area contributed by atoms with E-state index in [0.717, 1.165) is 6.42 Å². The zero-order chi connectivity index (χ0) is 13.1. The first-order chi connectivity index (χ1) is 7.91. The summed E-state index contributed by atoms with van der Waals surface area (Å²) in [6.07, 6.45) is 1.58. The van der Waals surface area contributed by atoms with Crippen LogP contribution in [0.1, 0.15) is 54.7 Å². The van der Waals surface area contributed by atoms with Gasteiger partial charge in [0.1, 0.15) is 5.60 Å². The van der Waals surface area contributed by atoms with Crippen molar-refractivity contribution in [2.75, 3.05) is 7.11 Å². The fourth-order valence-electron chi connectivity index (χ4n) is 1.42. The number of ether oxygens (including phenoxy) is 2. The smallest absolute Gasteiger partial charge is 0.384 e. The van der Waals surface area contributed by atoms with Crippen LogP contribution in [0, 0.1) is 0 Å². The van der Waals surface area contributed by atoms with Crippen LogP contribution in [0.5, 0.6) is 0 Å². The van der Waals surface area contributed by atoms with E-state index < -0.39 is 17.5 Å². The van der Waals surface area contributed by atoms with Gasteiger partial charge in [0.2, 0.25) is 0 Å². The van der Waals surface area contributed by atoms with E-state index in [9.17, 15) is 9.59 Å². The summed E-state index contributed by atoms with van der Waals surface area (Å²) in [5, 5.41) is 0. The Kier molecular flexibility index (Phi) is 3.98. The summed E-state index contributed by atoms with van der Waals surface area (Å²) in [7, 11) is 1.18. The van der Waals surface area contributed by atoms with Gasteiger partial charge in [0.15, 0.2) is 0 Å². The second-order valence-corrected chi connectivity index (χ2v) is 4.22. The normalized spacial score (nSPS) is 11.3. The fraction of sp³-hybridized carbons (Fsp3) is 0.636. The molecule has 96 valence electrons. The third-order valence-electron chi connectivity index (χ3n) is 2.19. The predicted octanol–water partition coefficient (Wildman–Crippen LogP) is 2.39. The van der Waals surface area contributed by atoms with Crippen LogP contribution in [0.2, 0.25) is 0 Å². The molecule has 1 heterocycles. The van der Waals surface area contributed by atoms with E-state index in [-0.39, 0.29) is 11.5 Å². The van der Waals surface area contributed by atoms with Crippen LogP contribution in [0.25, 0.3) is 0 Å². The highest BCUT2D eigenvalue weighted by Crippen LogP contribution is 2.22. The molecule has 0 aromatic carbocycles. The molecular formula is C11H16O6. The van der Waals surface area contributed by atoms with Crippen molar-refractivity contribution in [3.05, 3.63) is 11.5 Å². The highest BCUT2D eigenvalue weighted by molar-refractivity contribution is 5.99. The third-order valence-corrected chi connectivity index (χ3v) is 2.19. The van der Waals surface area contributed by atoms with Gasteiger partial charge in [-0.1, -0.05) is 13.3 Å². The Hall–Kier alpha value is -1.72. The van der Waals surface area contributed by atoms with Gasteiger partial charge in [-0.15, -0.1) is 0 Å². The molecule has 0 radical (unpaired) electrons. The molecule has 0 N–H and O–H groups in total. The maximum absolute atomic E-state index is 11.7. The van der Waals surface area contributed by atoms with Crippen molar-refractivity contribution in [2.24, 2.45) is 0 Å². The quantitative estimate of drug-likeness (QED) is 0.584. The Labute approximate surface area is 98.8 Å². The number of hydrogen-bond donors (Lipinski definition) is 0. The van der Waals surface area contributed by atoms with Gasteiger partial charge in [-0.05, 0) is 20.3 Å². The van der Waals surface area contributed by atoms with Crippen LogP contribution in [-0.2, 0) is 9.47 Å². The molecule has 0 aliphatic carbocycles. The van der Waals surface area contributed by atoms with Gasteiger partial charge in [0, 0.05) is 0 Å². The second kappa shape index (κ2) is 5.07. The molecule has 0 saturated carbocycles. The molecule has 1 aromatic rings. The molecule has 0 fully saturated rings. The van der Waals surface area contributed by atoms with Crippen molar-refractivity contribution in [1.29, 1.82) is 0 Å². The lowest BCUT2D eigenvalue weighted by Crippen LogP contribution is -2.29. The van der Waals surface area contributed by atoms with Crippen molar-refractivity contribution in [3.63, 3.8) is 0 Å². The van der Waals surface area contributed by atoms with E-state index in [4.69, 9.17) is 4.74 Å². The molecule has 0 aliphatic rings. The summed E-state index contributed by atoms with van der Waals surface area (Å²) >= 11 is 0. The van der Waals surface area contributed by atoms with E-state index >= 15 is 0 Å². The first-order valence-corrected chi connectivity index (χ1v) is 5.31. The fourth-order valence-corrected chi connectivity index (χ4v) is 1.42. The highest BCUT2D eigenvalue weighted by atomic mass is 17.0. The topological polar surface area (TPSA) is 78.9 Å². The molecular weight excluding hydrogens is 228 g/mol. The Balaban J connectivity index is 2.69. The van der Waals surface area contributed by atoms with Crippen LogP contribution >= 0.6 is 0 Å². The first kappa shape index (κ1) is 13.3. The lowest BCUT2D eigenvalue weighted by atomic mass is 10.0.